The van der Waals surface area contributed by atoms with Crippen LogP contribution < -0.4 is 9.04 Å². The first-order valence-corrected chi connectivity index (χ1v) is 14.0. The summed E-state index contributed by atoms with van der Waals surface area (Å²) in [5, 5.41) is 1.74. The van der Waals surface area contributed by atoms with Crippen LogP contribution in [0.2, 0.25) is 0 Å². The molecular weight excluding hydrogens is 458 g/mol. The standard InChI is InChI=1S/C24H33N3O4S2/c1-25(33(29,30)24-8-5-17-32-24)21-9-11-22(12-10-21)31-19-23(28)27-15-13-26(14-16-27)18-20-6-3-2-4-7-20/h5,8-12,17,20H,2-4,6-7,13-16,18-19H2,1H3. The van der Waals surface area contributed by atoms with Crippen molar-refractivity contribution in [2.45, 2.75) is 36.3 Å². The van der Waals surface area contributed by atoms with Gasteiger partial charge in [0.25, 0.3) is 15.9 Å². The van der Waals surface area contributed by atoms with Gasteiger partial charge >= 0.3 is 0 Å². The minimum Gasteiger partial charge on any atom is -0.484 e. The number of nitrogens with zero attached hydrogens (tertiary/aromatic N) is 3. The van der Waals surface area contributed by atoms with Gasteiger partial charge in [-0.2, -0.15) is 0 Å². The van der Waals surface area contributed by atoms with Gasteiger partial charge in [0.05, 0.1) is 5.69 Å². The van der Waals surface area contributed by atoms with E-state index in [1.54, 1.807) is 41.8 Å². The van der Waals surface area contributed by atoms with Gasteiger partial charge in [0, 0.05) is 39.8 Å². The summed E-state index contributed by atoms with van der Waals surface area (Å²) in [5.74, 6) is 1.37. The highest BCUT2D eigenvalue weighted by Crippen LogP contribution is 2.27. The summed E-state index contributed by atoms with van der Waals surface area (Å²) in [6.45, 7) is 4.52. The van der Waals surface area contributed by atoms with Crippen LogP contribution in [0, 0.1) is 5.92 Å². The van der Waals surface area contributed by atoms with E-state index >= 15 is 0 Å². The molecule has 0 radical (unpaired) electrons. The number of amides is 1. The Kier molecular flexibility index (Phi) is 7.93. The smallest absolute Gasteiger partial charge is 0.273 e. The molecule has 0 bridgehead atoms. The van der Waals surface area contributed by atoms with E-state index < -0.39 is 10.0 Å². The van der Waals surface area contributed by atoms with Crippen molar-refractivity contribution in [2.24, 2.45) is 5.92 Å². The molecule has 180 valence electrons. The number of rotatable bonds is 8. The van der Waals surface area contributed by atoms with Crippen molar-refractivity contribution in [3.05, 3.63) is 41.8 Å². The van der Waals surface area contributed by atoms with Crippen LogP contribution in [0.25, 0.3) is 0 Å². The number of ether oxygens (including phenoxy) is 1. The van der Waals surface area contributed by atoms with E-state index in [4.69, 9.17) is 4.74 Å². The third kappa shape index (κ3) is 6.07. The van der Waals surface area contributed by atoms with E-state index in [-0.39, 0.29) is 12.5 Å². The van der Waals surface area contributed by atoms with Gasteiger partial charge in [-0.25, -0.2) is 8.42 Å². The second kappa shape index (κ2) is 10.9. The molecule has 33 heavy (non-hydrogen) atoms. The molecule has 4 rings (SSSR count). The first-order chi connectivity index (χ1) is 15.9. The van der Waals surface area contributed by atoms with Crippen LogP contribution in [0.15, 0.2) is 46.0 Å². The first kappa shape index (κ1) is 24.0. The third-order valence-corrected chi connectivity index (χ3v) is 9.80. The topological polar surface area (TPSA) is 70.2 Å². The van der Waals surface area contributed by atoms with Gasteiger partial charge in [-0.05, 0) is 54.5 Å². The highest BCUT2D eigenvalue weighted by molar-refractivity contribution is 7.94. The van der Waals surface area contributed by atoms with E-state index in [0.717, 1.165) is 32.1 Å². The van der Waals surface area contributed by atoms with Gasteiger partial charge in [0.1, 0.15) is 9.96 Å². The lowest BCUT2D eigenvalue weighted by Crippen LogP contribution is -2.51. The quantitative estimate of drug-likeness (QED) is 0.564. The Balaban J connectivity index is 1.23. The molecule has 0 atom stereocenters. The second-order valence-corrected chi connectivity index (χ2v) is 12.0. The number of anilines is 1. The number of thiophene rings is 1. The Bertz CT molecular complexity index is 995. The van der Waals surface area contributed by atoms with Crippen molar-refractivity contribution in [1.29, 1.82) is 0 Å². The molecule has 1 saturated heterocycles. The number of hydrogen-bond donors (Lipinski definition) is 0. The number of hydrogen-bond acceptors (Lipinski definition) is 6. The van der Waals surface area contributed by atoms with Gasteiger partial charge in [-0.1, -0.05) is 25.3 Å². The molecule has 2 heterocycles. The summed E-state index contributed by atoms with van der Waals surface area (Å²) in [6.07, 6.45) is 6.81. The van der Waals surface area contributed by atoms with Crippen LogP contribution in [0.1, 0.15) is 32.1 Å². The van der Waals surface area contributed by atoms with Gasteiger partial charge in [0.15, 0.2) is 6.61 Å². The maximum atomic E-state index is 12.7. The maximum Gasteiger partial charge on any atom is 0.273 e. The summed E-state index contributed by atoms with van der Waals surface area (Å²) in [6, 6.07) is 10.1. The Morgan fingerprint density at radius 1 is 1.06 bits per heavy atom. The molecular formula is C24H33N3O4S2. The predicted octanol–water partition coefficient (Wildman–Crippen LogP) is 3.68. The monoisotopic (exact) mass is 491 g/mol. The summed E-state index contributed by atoms with van der Waals surface area (Å²) in [7, 11) is -2.04. The van der Waals surface area contributed by atoms with Crippen LogP contribution in [0.3, 0.4) is 0 Å². The van der Waals surface area contributed by atoms with Crippen molar-refractivity contribution in [3.8, 4) is 5.75 Å². The summed E-state index contributed by atoms with van der Waals surface area (Å²) in [4.78, 5) is 17.0. The van der Waals surface area contributed by atoms with Crippen LogP contribution in [-0.2, 0) is 14.8 Å². The molecule has 1 aromatic heterocycles. The predicted molar refractivity (Wildman–Crippen MR) is 131 cm³/mol. The fraction of sp³-hybridized carbons (Fsp3) is 0.542. The molecule has 0 spiro atoms. The van der Waals surface area contributed by atoms with Crippen LogP contribution in [-0.4, -0.2) is 70.5 Å². The van der Waals surface area contributed by atoms with Crippen molar-refractivity contribution >= 4 is 33.0 Å². The Labute approximate surface area is 201 Å². The molecule has 0 unspecified atom stereocenters. The Morgan fingerprint density at radius 2 is 1.76 bits per heavy atom. The molecule has 2 aromatic rings. The summed E-state index contributed by atoms with van der Waals surface area (Å²) in [5.41, 5.74) is 0.538. The van der Waals surface area contributed by atoms with Crippen LogP contribution in [0.4, 0.5) is 5.69 Å². The Hall–Kier alpha value is -2.10. The number of sulfonamides is 1. The molecule has 2 aliphatic rings. The molecule has 9 heteroatoms. The van der Waals surface area contributed by atoms with E-state index in [2.05, 4.69) is 4.90 Å². The van der Waals surface area contributed by atoms with Gasteiger partial charge in [0.2, 0.25) is 0 Å². The lowest BCUT2D eigenvalue weighted by atomic mass is 9.89. The van der Waals surface area contributed by atoms with Crippen molar-refractivity contribution < 1.29 is 17.9 Å². The molecule has 0 N–H and O–H groups in total. The fourth-order valence-corrected chi connectivity index (χ4v) is 6.94. The largest absolute Gasteiger partial charge is 0.484 e. The lowest BCUT2D eigenvalue weighted by molar-refractivity contribution is -0.135. The van der Waals surface area contributed by atoms with Crippen molar-refractivity contribution in [1.82, 2.24) is 9.80 Å². The molecule has 1 amide bonds. The van der Waals surface area contributed by atoms with Crippen LogP contribution in [0.5, 0.6) is 5.75 Å². The van der Waals surface area contributed by atoms with E-state index in [1.165, 1.54) is 61.3 Å². The minimum absolute atomic E-state index is 0.00576. The normalized spacial score (nSPS) is 18.3. The number of carbonyl (C=O) groups excluding carboxylic acids is 1. The average Bonchev–Trinajstić information content (AvgIpc) is 3.40. The van der Waals surface area contributed by atoms with E-state index in [9.17, 15) is 13.2 Å². The SMILES string of the molecule is CN(c1ccc(OCC(=O)N2CCN(CC3CCCCC3)CC2)cc1)S(=O)(=O)c1cccs1. The zero-order valence-electron chi connectivity index (χ0n) is 19.2. The Morgan fingerprint density at radius 3 is 2.39 bits per heavy atom. The fourth-order valence-electron chi connectivity index (χ4n) is 4.59. The third-order valence-electron chi connectivity index (χ3n) is 6.64. The zero-order chi connectivity index (χ0) is 23.3. The number of carbonyl (C=O) groups is 1. The number of benzene rings is 1. The van der Waals surface area contributed by atoms with E-state index in [0.29, 0.717) is 15.6 Å². The molecule has 7 nitrogen and oxygen atoms in total. The molecule has 1 aromatic carbocycles. The highest BCUT2D eigenvalue weighted by atomic mass is 32.2. The minimum atomic E-state index is -3.57. The zero-order valence-corrected chi connectivity index (χ0v) is 20.8. The van der Waals surface area contributed by atoms with E-state index in [1.807, 2.05) is 4.90 Å². The van der Waals surface area contributed by atoms with Crippen molar-refractivity contribution in [2.75, 3.05) is 50.7 Å². The van der Waals surface area contributed by atoms with Gasteiger partial charge in [-0.3, -0.25) is 14.0 Å². The number of piperazine rings is 1. The maximum absolute atomic E-state index is 12.7. The van der Waals surface area contributed by atoms with Gasteiger partial charge in [-0.15, -0.1) is 11.3 Å². The summed E-state index contributed by atoms with van der Waals surface area (Å²) >= 11 is 1.19. The highest BCUT2D eigenvalue weighted by Gasteiger charge is 2.25. The lowest BCUT2D eigenvalue weighted by Gasteiger charge is -2.37. The van der Waals surface area contributed by atoms with Crippen LogP contribution >= 0.6 is 11.3 Å². The molecule has 2 fully saturated rings. The first-order valence-electron chi connectivity index (χ1n) is 11.7. The molecule has 1 saturated carbocycles. The molecule has 1 aliphatic carbocycles. The van der Waals surface area contributed by atoms with Crippen molar-refractivity contribution in [3.63, 3.8) is 0 Å². The summed E-state index contributed by atoms with van der Waals surface area (Å²) < 4.78 is 32.6. The average molecular weight is 492 g/mol. The molecule has 1 aliphatic heterocycles. The van der Waals surface area contributed by atoms with Gasteiger partial charge < -0.3 is 9.64 Å². The second-order valence-electron chi connectivity index (χ2n) is 8.87.